The van der Waals surface area contributed by atoms with Gasteiger partial charge in [-0.2, -0.15) is 0 Å². The molecule has 1 atom stereocenters. The van der Waals surface area contributed by atoms with Crippen LogP contribution in [0.5, 0.6) is 0 Å². The van der Waals surface area contributed by atoms with Crippen LogP contribution in [0.25, 0.3) is 11.1 Å². The van der Waals surface area contributed by atoms with Crippen LogP contribution in [-0.2, 0) is 4.74 Å². The Kier molecular flexibility index (Phi) is 3.43. The highest BCUT2D eigenvalue weighted by Gasteiger charge is 2.15. The molecule has 0 bridgehead atoms. The lowest BCUT2D eigenvalue weighted by Crippen LogP contribution is -2.21. The number of anilines is 1. The number of aromatic nitrogens is 1. The standard InChI is InChI=1S/C13H16N2O2S/c14-9-4-5-11-12(7-9)17-13(15-11)18-8-10-3-1-2-6-16-10/h4-5,7,10H,1-3,6,8,14H2. The Morgan fingerprint density at radius 2 is 2.33 bits per heavy atom. The molecule has 2 aromatic rings. The van der Waals surface area contributed by atoms with Gasteiger partial charge in [-0.05, 0) is 31.4 Å². The van der Waals surface area contributed by atoms with E-state index in [2.05, 4.69) is 4.98 Å². The summed E-state index contributed by atoms with van der Waals surface area (Å²) in [5.74, 6) is 0.905. The maximum Gasteiger partial charge on any atom is 0.256 e. The Bertz CT molecular complexity index is 535. The fraction of sp³-hybridized carbons (Fsp3) is 0.462. The minimum atomic E-state index is 0.337. The van der Waals surface area contributed by atoms with E-state index in [-0.39, 0.29) is 0 Å². The van der Waals surface area contributed by atoms with Crippen molar-refractivity contribution in [1.29, 1.82) is 0 Å². The Labute approximate surface area is 110 Å². The predicted octanol–water partition coefficient (Wildman–Crippen LogP) is 3.07. The van der Waals surface area contributed by atoms with E-state index in [0.717, 1.165) is 29.9 Å². The van der Waals surface area contributed by atoms with E-state index in [0.29, 0.717) is 17.0 Å². The van der Waals surface area contributed by atoms with Crippen molar-refractivity contribution in [2.75, 3.05) is 18.1 Å². The van der Waals surface area contributed by atoms with E-state index >= 15 is 0 Å². The Morgan fingerprint density at radius 1 is 1.39 bits per heavy atom. The molecule has 0 spiro atoms. The molecule has 18 heavy (non-hydrogen) atoms. The van der Waals surface area contributed by atoms with Gasteiger partial charge in [-0.15, -0.1) is 0 Å². The van der Waals surface area contributed by atoms with E-state index < -0.39 is 0 Å². The summed E-state index contributed by atoms with van der Waals surface area (Å²) in [5, 5.41) is 0.699. The number of hydrogen-bond donors (Lipinski definition) is 1. The number of thioether (sulfide) groups is 1. The van der Waals surface area contributed by atoms with Gasteiger partial charge in [0.25, 0.3) is 5.22 Å². The largest absolute Gasteiger partial charge is 0.431 e. The molecular formula is C13H16N2O2S. The Hall–Kier alpha value is -1.20. The molecular weight excluding hydrogens is 248 g/mol. The summed E-state index contributed by atoms with van der Waals surface area (Å²) in [7, 11) is 0. The summed E-state index contributed by atoms with van der Waals surface area (Å²) in [4.78, 5) is 4.42. The quantitative estimate of drug-likeness (QED) is 0.682. The van der Waals surface area contributed by atoms with E-state index in [1.54, 1.807) is 11.8 Å². The summed E-state index contributed by atoms with van der Waals surface area (Å²) in [6.45, 7) is 0.884. The van der Waals surface area contributed by atoms with Crippen molar-refractivity contribution in [3.63, 3.8) is 0 Å². The summed E-state index contributed by atoms with van der Waals surface area (Å²) in [5.41, 5.74) is 8.02. The highest BCUT2D eigenvalue weighted by Crippen LogP contribution is 2.27. The van der Waals surface area contributed by atoms with Crippen molar-refractivity contribution in [3.05, 3.63) is 18.2 Å². The van der Waals surface area contributed by atoms with E-state index in [9.17, 15) is 0 Å². The molecule has 0 radical (unpaired) electrons. The second-order valence-electron chi connectivity index (χ2n) is 4.51. The monoisotopic (exact) mass is 264 g/mol. The van der Waals surface area contributed by atoms with Crippen molar-refractivity contribution in [3.8, 4) is 0 Å². The molecule has 3 rings (SSSR count). The molecule has 1 aliphatic rings. The number of rotatable bonds is 3. The second-order valence-corrected chi connectivity index (χ2v) is 5.48. The second kappa shape index (κ2) is 5.20. The summed E-state index contributed by atoms with van der Waals surface area (Å²) < 4.78 is 11.3. The number of nitrogen functional groups attached to an aromatic ring is 1. The van der Waals surface area contributed by atoms with Crippen LogP contribution in [0.2, 0.25) is 0 Å². The molecule has 5 heteroatoms. The van der Waals surface area contributed by atoms with Crippen LogP contribution in [0.3, 0.4) is 0 Å². The molecule has 0 aliphatic carbocycles. The summed E-state index contributed by atoms with van der Waals surface area (Å²) in [6, 6.07) is 5.53. The first-order valence-electron chi connectivity index (χ1n) is 6.22. The number of oxazole rings is 1. The summed E-state index contributed by atoms with van der Waals surface area (Å²) >= 11 is 1.61. The molecule has 0 amide bonds. The first-order chi connectivity index (χ1) is 8.81. The number of benzene rings is 1. The minimum absolute atomic E-state index is 0.337. The molecule has 1 aromatic carbocycles. The third-order valence-corrected chi connectivity index (χ3v) is 4.02. The molecule has 1 unspecified atom stereocenters. The average molecular weight is 264 g/mol. The first kappa shape index (κ1) is 11.9. The van der Waals surface area contributed by atoms with Crippen molar-refractivity contribution >= 4 is 28.5 Å². The molecule has 1 aliphatic heterocycles. The third kappa shape index (κ3) is 2.62. The van der Waals surface area contributed by atoms with Crippen LogP contribution in [0.4, 0.5) is 5.69 Å². The van der Waals surface area contributed by atoms with Crippen LogP contribution in [0.15, 0.2) is 27.8 Å². The summed E-state index contributed by atoms with van der Waals surface area (Å²) in [6.07, 6.45) is 3.92. The number of ether oxygens (including phenoxy) is 1. The van der Waals surface area contributed by atoms with E-state index in [4.69, 9.17) is 14.9 Å². The van der Waals surface area contributed by atoms with Crippen molar-refractivity contribution in [2.24, 2.45) is 0 Å². The average Bonchev–Trinajstić information content (AvgIpc) is 2.79. The molecule has 2 N–H and O–H groups in total. The minimum Gasteiger partial charge on any atom is -0.431 e. The number of fused-ring (bicyclic) bond motifs is 1. The van der Waals surface area contributed by atoms with Gasteiger partial charge in [0.05, 0.1) is 6.10 Å². The van der Waals surface area contributed by atoms with Crippen molar-refractivity contribution < 1.29 is 9.15 Å². The van der Waals surface area contributed by atoms with Gasteiger partial charge in [0.2, 0.25) is 0 Å². The van der Waals surface area contributed by atoms with Crippen LogP contribution < -0.4 is 5.73 Å². The van der Waals surface area contributed by atoms with E-state index in [1.807, 2.05) is 18.2 Å². The Balaban J connectivity index is 1.67. The zero-order valence-electron chi connectivity index (χ0n) is 10.1. The van der Waals surface area contributed by atoms with Gasteiger partial charge in [-0.3, -0.25) is 0 Å². The first-order valence-corrected chi connectivity index (χ1v) is 7.20. The van der Waals surface area contributed by atoms with Gasteiger partial charge >= 0.3 is 0 Å². The normalized spacial score (nSPS) is 20.3. The van der Waals surface area contributed by atoms with Gasteiger partial charge in [-0.25, -0.2) is 4.98 Å². The Morgan fingerprint density at radius 3 is 3.17 bits per heavy atom. The number of hydrogen-bond acceptors (Lipinski definition) is 5. The fourth-order valence-corrected chi connectivity index (χ4v) is 2.99. The molecule has 2 heterocycles. The van der Waals surface area contributed by atoms with Crippen molar-refractivity contribution in [2.45, 2.75) is 30.6 Å². The lowest BCUT2D eigenvalue weighted by molar-refractivity contribution is 0.0314. The molecule has 1 saturated heterocycles. The van der Waals surface area contributed by atoms with Gasteiger partial charge in [0, 0.05) is 24.1 Å². The number of nitrogens with zero attached hydrogens (tertiary/aromatic N) is 1. The maximum absolute atomic E-state index is 5.71. The van der Waals surface area contributed by atoms with Gasteiger partial charge in [0.15, 0.2) is 5.58 Å². The maximum atomic E-state index is 5.71. The fourth-order valence-electron chi connectivity index (χ4n) is 2.08. The highest BCUT2D eigenvalue weighted by molar-refractivity contribution is 7.99. The van der Waals surface area contributed by atoms with Gasteiger partial charge in [0.1, 0.15) is 5.52 Å². The molecule has 1 aromatic heterocycles. The molecule has 0 saturated carbocycles. The SMILES string of the molecule is Nc1ccc2nc(SCC3CCCCO3)oc2c1. The van der Waals surface area contributed by atoms with E-state index in [1.165, 1.54) is 12.8 Å². The topological polar surface area (TPSA) is 61.3 Å². The highest BCUT2D eigenvalue weighted by atomic mass is 32.2. The molecule has 96 valence electrons. The lowest BCUT2D eigenvalue weighted by Gasteiger charge is -2.21. The smallest absolute Gasteiger partial charge is 0.256 e. The predicted molar refractivity (Wildman–Crippen MR) is 72.7 cm³/mol. The van der Waals surface area contributed by atoms with Gasteiger partial charge in [-0.1, -0.05) is 11.8 Å². The zero-order valence-corrected chi connectivity index (χ0v) is 10.9. The number of nitrogens with two attached hydrogens (primary N) is 1. The van der Waals surface area contributed by atoms with Gasteiger partial charge < -0.3 is 14.9 Å². The van der Waals surface area contributed by atoms with Crippen LogP contribution >= 0.6 is 11.8 Å². The third-order valence-electron chi connectivity index (χ3n) is 3.06. The zero-order chi connectivity index (χ0) is 12.4. The molecule has 1 fully saturated rings. The van der Waals surface area contributed by atoms with Crippen LogP contribution in [0.1, 0.15) is 19.3 Å². The van der Waals surface area contributed by atoms with Crippen molar-refractivity contribution in [1.82, 2.24) is 4.98 Å². The van der Waals surface area contributed by atoms with Crippen LogP contribution in [-0.4, -0.2) is 23.4 Å². The molecule has 4 nitrogen and oxygen atoms in total. The van der Waals surface area contributed by atoms with Crippen LogP contribution in [0, 0.1) is 0 Å². The lowest BCUT2D eigenvalue weighted by atomic mass is 10.1.